The highest BCUT2D eigenvalue weighted by atomic mass is 32.1. The van der Waals surface area contributed by atoms with Gasteiger partial charge in [0.25, 0.3) is 5.91 Å². The molecule has 0 bridgehead atoms. The number of carbonyl (C=O) groups is 2. The van der Waals surface area contributed by atoms with Crippen LogP contribution in [0.2, 0.25) is 0 Å². The van der Waals surface area contributed by atoms with Crippen molar-refractivity contribution in [3.8, 4) is 0 Å². The molecule has 1 aromatic carbocycles. The third kappa shape index (κ3) is 4.47. The van der Waals surface area contributed by atoms with Crippen molar-refractivity contribution in [3.05, 3.63) is 70.6 Å². The van der Waals surface area contributed by atoms with E-state index in [4.69, 9.17) is 4.42 Å². The molecule has 3 heterocycles. The van der Waals surface area contributed by atoms with Gasteiger partial charge in [-0.25, -0.2) is 4.98 Å². The van der Waals surface area contributed by atoms with E-state index in [0.29, 0.717) is 30.3 Å². The molecule has 2 aromatic heterocycles. The molecular weight excluding hydrogens is 376 g/mol. The maximum absolute atomic E-state index is 12.2. The van der Waals surface area contributed by atoms with E-state index in [1.807, 2.05) is 30.3 Å². The topological polar surface area (TPSA) is 87.5 Å². The van der Waals surface area contributed by atoms with Crippen LogP contribution in [0.5, 0.6) is 0 Å². The lowest BCUT2D eigenvalue weighted by Crippen LogP contribution is -2.39. The van der Waals surface area contributed by atoms with Gasteiger partial charge in [-0.15, -0.1) is 11.3 Å². The molecule has 0 fully saturated rings. The Bertz CT molecular complexity index is 953. The van der Waals surface area contributed by atoms with E-state index >= 15 is 0 Å². The fourth-order valence-electron chi connectivity index (χ4n) is 3.06. The Labute approximate surface area is 166 Å². The fourth-order valence-corrected chi connectivity index (χ4v) is 4.10. The summed E-state index contributed by atoms with van der Waals surface area (Å²) in [5, 5.41) is 6.34. The van der Waals surface area contributed by atoms with Crippen LogP contribution in [0.1, 0.15) is 26.5 Å². The number of anilines is 1. The van der Waals surface area contributed by atoms with Gasteiger partial charge in [-0.1, -0.05) is 30.3 Å². The Morgan fingerprint density at radius 1 is 1.21 bits per heavy atom. The minimum Gasteiger partial charge on any atom is -0.472 e. The zero-order chi connectivity index (χ0) is 19.3. The molecule has 2 N–H and O–H groups in total. The third-order valence-electron chi connectivity index (χ3n) is 4.51. The second kappa shape index (κ2) is 8.37. The van der Waals surface area contributed by atoms with Gasteiger partial charge >= 0.3 is 0 Å². The van der Waals surface area contributed by atoms with E-state index < -0.39 is 0 Å². The number of fused-ring (bicyclic) bond motifs is 1. The largest absolute Gasteiger partial charge is 0.472 e. The van der Waals surface area contributed by atoms with E-state index in [2.05, 4.69) is 20.5 Å². The van der Waals surface area contributed by atoms with Gasteiger partial charge in [0.1, 0.15) is 6.26 Å². The first kappa shape index (κ1) is 18.4. The summed E-state index contributed by atoms with van der Waals surface area (Å²) in [7, 11) is 0. The first-order valence-corrected chi connectivity index (χ1v) is 9.84. The molecular formula is C20H20N4O3S. The average Bonchev–Trinajstić information content (AvgIpc) is 3.36. The van der Waals surface area contributed by atoms with E-state index in [0.717, 1.165) is 29.1 Å². The molecule has 7 nitrogen and oxygen atoms in total. The van der Waals surface area contributed by atoms with E-state index in [9.17, 15) is 9.59 Å². The summed E-state index contributed by atoms with van der Waals surface area (Å²) >= 11 is 1.45. The SMILES string of the molecule is O=C(CN1CCc2nc(NC(=O)c3ccoc3)sc2C1)NCc1ccccc1. The predicted molar refractivity (Wildman–Crippen MR) is 106 cm³/mol. The number of benzene rings is 1. The Hall–Kier alpha value is -2.97. The summed E-state index contributed by atoms with van der Waals surface area (Å²) in [5.41, 5.74) is 2.54. The second-order valence-corrected chi connectivity index (χ2v) is 7.66. The number of rotatable bonds is 6. The van der Waals surface area contributed by atoms with Gasteiger partial charge in [0, 0.05) is 30.9 Å². The maximum atomic E-state index is 12.2. The third-order valence-corrected chi connectivity index (χ3v) is 5.51. The second-order valence-electron chi connectivity index (χ2n) is 6.58. The van der Waals surface area contributed by atoms with Crippen molar-refractivity contribution in [2.24, 2.45) is 0 Å². The summed E-state index contributed by atoms with van der Waals surface area (Å²) in [6.07, 6.45) is 3.63. The lowest BCUT2D eigenvalue weighted by Gasteiger charge is -2.25. The van der Waals surface area contributed by atoms with Gasteiger partial charge in [-0.05, 0) is 11.6 Å². The highest BCUT2D eigenvalue weighted by molar-refractivity contribution is 7.15. The molecule has 8 heteroatoms. The minimum absolute atomic E-state index is 0.00491. The number of amides is 2. The number of hydrogen-bond acceptors (Lipinski definition) is 6. The summed E-state index contributed by atoms with van der Waals surface area (Å²) in [5.74, 6) is -0.234. The first-order chi connectivity index (χ1) is 13.7. The van der Waals surface area contributed by atoms with Gasteiger partial charge in [0.05, 0.1) is 24.1 Å². The summed E-state index contributed by atoms with van der Waals surface area (Å²) in [6.45, 7) is 2.31. The number of nitrogens with one attached hydrogen (secondary N) is 2. The van der Waals surface area contributed by atoms with Gasteiger partial charge in [-0.3, -0.25) is 19.8 Å². The van der Waals surface area contributed by atoms with Gasteiger partial charge in [-0.2, -0.15) is 0 Å². The normalized spacial score (nSPS) is 13.7. The Balaban J connectivity index is 1.30. The van der Waals surface area contributed by atoms with Crippen LogP contribution < -0.4 is 10.6 Å². The van der Waals surface area contributed by atoms with Crippen LogP contribution in [0.4, 0.5) is 5.13 Å². The Kier molecular flexibility index (Phi) is 5.50. The summed E-state index contributed by atoms with van der Waals surface area (Å²) in [4.78, 5) is 32.1. The number of carbonyl (C=O) groups excluding carboxylic acids is 2. The number of thiazole rings is 1. The molecule has 0 saturated heterocycles. The van der Waals surface area contributed by atoms with Crippen molar-refractivity contribution in [2.45, 2.75) is 19.5 Å². The van der Waals surface area contributed by atoms with Crippen molar-refractivity contribution in [2.75, 3.05) is 18.4 Å². The van der Waals surface area contributed by atoms with Gasteiger partial charge < -0.3 is 9.73 Å². The zero-order valence-electron chi connectivity index (χ0n) is 15.2. The molecule has 0 atom stereocenters. The molecule has 1 aliphatic rings. The number of hydrogen-bond donors (Lipinski definition) is 2. The fraction of sp³-hybridized carbons (Fsp3) is 0.250. The zero-order valence-corrected chi connectivity index (χ0v) is 16.0. The molecule has 28 heavy (non-hydrogen) atoms. The quantitative estimate of drug-likeness (QED) is 0.669. The van der Waals surface area contributed by atoms with Crippen molar-refractivity contribution < 1.29 is 14.0 Å². The standard InChI is InChI=1S/C20H20N4O3S/c25-18(21-10-14-4-2-1-3-5-14)12-24-8-6-16-17(11-24)28-20(22-16)23-19(26)15-7-9-27-13-15/h1-5,7,9,13H,6,8,10-12H2,(H,21,25)(H,22,23,26). The van der Waals surface area contributed by atoms with Crippen LogP contribution in [0.3, 0.4) is 0 Å². The predicted octanol–water partition coefficient (Wildman–Crippen LogP) is 2.66. The van der Waals surface area contributed by atoms with Crippen LogP contribution in [0, 0.1) is 0 Å². The lowest BCUT2D eigenvalue weighted by atomic mass is 10.2. The smallest absolute Gasteiger partial charge is 0.260 e. The summed E-state index contributed by atoms with van der Waals surface area (Å²) < 4.78 is 4.93. The lowest BCUT2D eigenvalue weighted by molar-refractivity contribution is -0.122. The van der Waals surface area contributed by atoms with Crippen molar-refractivity contribution in [1.82, 2.24) is 15.2 Å². The molecule has 0 spiro atoms. The van der Waals surface area contributed by atoms with Crippen LogP contribution in [0.25, 0.3) is 0 Å². The number of aromatic nitrogens is 1. The van der Waals surface area contributed by atoms with E-state index in [-0.39, 0.29) is 11.8 Å². The van der Waals surface area contributed by atoms with E-state index in [1.54, 1.807) is 6.07 Å². The molecule has 3 aromatic rings. The molecule has 4 rings (SSSR count). The monoisotopic (exact) mass is 396 g/mol. The maximum Gasteiger partial charge on any atom is 0.260 e. The van der Waals surface area contributed by atoms with Gasteiger partial charge in [0.15, 0.2) is 5.13 Å². The van der Waals surface area contributed by atoms with Crippen molar-refractivity contribution in [1.29, 1.82) is 0 Å². The molecule has 1 aliphatic heterocycles. The van der Waals surface area contributed by atoms with E-state index in [1.165, 1.54) is 23.9 Å². The molecule has 0 saturated carbocycles. The molecule has 0 radical (unpaired) electrons. The average molecular weight is 396 g/mol. The molecule has 0 aliphatic carbocycles. The van der Waals surface area contributed by atoms with Gasteiger partial charge in [0.2, 0.25) is 5.91 Å². The minimum atomic E-state index is -0.239. The Morgan fingerprint density at radius 2 is 2.07 bits per heavy atom. The van der Waals surface area contributed by atoms with Crippen molar-refractivity contribution in [3.63, 3.8) is 0 Å². The highest BCUT2D eigenvalue weighted by Gasteiger charge is 2.23. The number of nitrogens with zero attached hydrogens (tertiary/aromatic N) is 2. The van der Waals surface area contributed by atoms with Crippen LogP contribution in [-0.4, -0.2) is 34.8 Å². The molecule has 144 valence electrons. The summed E-state index contributed by atoms with van der Waals surface area (Å²) in [6, 6.07) is 11.5. The van der Waals surface area contributed by atoms with Crippen LogP contribution in [-0.2, 0) is 24.3 Å². The Morgan fingerprint density at radius 3 is 2.86 bits per heavy atom. The highest BCUT2D eigenvalue weighted by Crippen LogP contribution is 2.28. The molecule has 2 amide bonds. The first-order valence-electron chi connectivity index (χ1n) is 9.02. The van der Waals surface area contributed by atoms with Crippen LogP contribution >= 0.6 is 11.3 Å². The molecule has 0 unspecified atom stereocenters. The van der Waals surface area contributed by atoms with Crippen molar-refractivity contribution >= 4 is 28.3 Å². The van der Waals surface area contributed by atoms with Crippen LogP contribution in [0.15, 0.2) is 53.3 Å². The number of furan rings is 1.